The number of rotatable bonds is 5. The summed E-state index contributed by atoms with van der Waals surface area (Å²) in [6, 6.07) is 19.8. The molecule has 4 aromatic rings. The van der Waals surface area contributed by atoms with Gasteiger partial charge in [0, 0.05) is 55.6 Å². The number of piperazine rings is 1. The van der Waals surface area contributed by atoms with Gasteiger partial charge >= 0.3 is 0 Å². The van der Waals surface area contributed by atoms with Gasteiger partial charge in [-0.2, -0.15) is 0 Å². The monoisotopic (exact) mass is 530 g/mol. The van der Waals surface area contributed by atoms with Gasteiger partial charge < -0.3 is 14.4 Å². The van der Waals surface area contributed by atoms with Crippen molar-refractivity contribution in [3.63, 3.8) is 0 Å². The van der Waals surface area contributed by atoms with Crippen LogP contribution in [0.4, 0.5) is 14.5 Å². The number of non-ortho nitro benzene ring substituents is 1. The lowest BCUT2D eigenvalue weighted by atomic mass is 10.1. The molecule has 3 aromatic carbocycles. The molecule has 5 rings (SSSR count). The highest BCUT2D eigenvalue weighted by atomic mass is 19.1. The number of amides is 2. The summed E-state index contributed by atoms with van der Waals surface area (Å²) >= 11 is 0. The van der Waals surface area contributed by atoms with Crippen molar-refractivity contribution in [2.24, 2.45) is 0 Å². The van der Waals surface area contributed by atoms with Crippen molar-refractivity contribution in [2.75, 3.05) is 26.2 Å². The zero-order valence-electron chi connectivity index (χ0n) is 21.0. The van der Waals surface area contributed by atoms with E-state index in [-0.39, 0.29) is 54.9 Å². The predicted molar refractivity (Wildman–Crippen MR) is 141 cm³/mol. The minimum atomic E-state index is -0.752. The Balaban J connectivity index is 1.41. The van der Waals surface area contributed by atoms with Crippen LogP contribution >= 0.6 is 0 Å². The molecule has 0 unspecified atom stereocenters. The van der Waals surface area contributed by atoms with Crippen LogP contribution in [-0.2, 0) is 0 Å². The van der Waals surface area contributed by atoms with E-state index in [2.05, 4.69) is 0 Å². The number of nitro groups is 1. The van der Waals surface area contributed by atoms with E-state index in [1.54, 1.807) is 27.4 Å². The van der Waals surface area contributed by atoms with Crippen LogP contribution in [0.25, 0.3) is 16.9 Å². The van der Waals surface area contributed by atoms with Gasteiger partial charge in [0.1, 0.15) is 11.6 Å². The van der Waals surface area contributed by atoms with Crippen LogP contribution < -0.4 is 0 Å². The number of nitrogens with zero attached hydrogens (tertiary/aromatic N) is 4. The van der Waals surface area contributed by atoms with E-state index in [0.717, 1.165) is 11.6 Å². The summed E-state index contributed by atoms with van der Waals surface area (Å²) in [6.45, 7) is 2.74. The lowest BCUT2D eigenvalue weighted by molar-refractivity contribution is -0.384. The molecule has 0 radical (unpaired) electrons. The van der Waals surface area contributed by atoms with Gasteiger partial charge in [-0.05, 0) is 36.8 Å². The molecule has 1 aliphatic heterocycles. The highest BCUT2D eigenvalue weighted by molar-refractivity contribution is 5.98. The predicted octanol–water partition coefficient (Wildman–Crippen LogP) is 5.24. The number of hydrogen-bond acceptors (Lipinski definition) is 4. The fourth-order valence-electron chi connectivity index (χ4n) is 4.84. The summed E-state index contributed by atoms with van der Waals surface area (Å²) < 4.78 is 30.1. The fraction of sp³-hybridized carbons (Fsp3) is 0.172. The zero-order valence-corrected chi connectivity index (χ0v) is 21.0. The third-order valence-corrected chi connectivity index (χ3v) is 6.86. The van der Waals surface area contributed by atoms with Crippen LogP contribution in [0, 0.1) is 28.7 Å². The first-order valence-corrected chi connectivity index (χ1v) is 12.3. The number of nitro benzene ring substituents is 1. The van der Waals surface area contributed by atoms with Gasteiger partial charge in [0.2, 0.25) is 0 Å². The highest BCUT2D eigenvalue weighted by Crippen LogP contribution is 2.32. The van der Waals surface area contributed by atoms with E-state index in [1.165, 1.54) is 36.4 Å². The van der Waals surface area contributed by atoms with E-state index in [1.807, 2.05) is 30.3 Å². The summed E-state index contributed by atoms with van der Waals surface area (Å²) in [5, 5.41) is 11.1. The molecule has 0 atom stereocenters. The van der Waals surface area contributed by atoms with Crippen molar-refractivity contribution in [1.29, 1.82) is 0 Å². The molecular formula is C29H24F2N4O4. The van der Waals surface area contributed by atoms with Crippen molar-refractivity contribution < 1.29 is 23.3 Å². The van der Waals surface area contributed by atoms with Gasteiger partial charge in [0.15, 0.2) is 0 Å². The van der Waals surface area contributed by atoms with Crippen LogP contribution in [0.2, 0.25) is 0 Å². The van der Waals surface area contributed by atoms with Gasteiger partial charge in [-0.1, -0.05) is 36.4 Å². The van der Waals surface area contributed by atoms with Gasteiger partial charge in [0.05, 0.1) is 21.9 Å². The Hall–Kier alpha value is -4.86. The summed E-state index contributed by atoms with van der Waals surface area (Å²) in [5.41, 5.74) is 2.39. The lowest BCUT2D eigenvalue weighted by Gasteiger charge is -2.34. The Morgan fingerprint density at radius 3 is 2.13 bits per heavy atom. The number of carbonyl (C=O) groups is 2. The first-order valence-electron chi connectivity index (χ1n) is 12.3. The molecule has 1 aliphatic rings. The first kappa shape index (κ1) is 25.8. The molecule has 39 heavy (non-hydrogen) atoms. The Morgan fingerprint density at radius 1 is 0.821 bits per heavy atom. The Kier molecular flexibility index (Phi) is 6.93. The summed E-state index contributed by atoms with van der Waals surface area (Å²) in [4.78, 5) is 40.3. The molecule has 1 aromatic heterocycles. The normalized spacial score (nSPS) is 13.4. The molecule has 8 nitrogen and oxygen atoms in total. The van der Waals surface area contributed by atoms with Crippen molar-refractivity contribution in [3.8, 4) is 16.9 Å². The first-order chi connectivity index (χ1) is 18.7. The van der Waals surface area contributed by atoms with E-state index in [4.69, 9.17) is 0 Å². The van der Waals surface area contributed by atoms with Crippen LogP contribution in [-0.4, -0.2) is 57.3 Å². The molecule has 1 saturated heterocycles. The maximum Gasteiger partial charge on any atom is 0.270 e. The van der Waals surface area contributed by atoms with E-state index < -0.39 is 16.6 Å². The maximum atomic E-state index is 14.9. The second kappa shape index (κ2) is 10.5. The average Bonchev–Trinajstić information content (AvgIpc) is 3.29. The molecule has 0 N–H and O–H groups in total. The number of carbonyl (C=O) groups excluding carboxylic acids is 2. The van der Waals surface area contributed by atoms with Crippen LogP contribution in [0.1, 0.15) is 26.4 Å². The van der Waals surface area contributed by atoms with Crippen LogP contribution in [0.5, 0.6) is 0 Å². The van der Waals surface area contributed by atoms with Crippen LogP contribution in [0.15, 0.2) is 78.9 Å². The molecule has 2 heterocycles. The van der Waals surface area contributed by atoms with Gasteiger partial charge in [-0.3, -0.25) is 19.7 Å². The lowest BCUT2D eigenvalue weighted by Crippen LogP contribution is -2.50. The number of hydrogen-bond donors (Lipinski definition) is 0. The minimum absolute atomic E-state index is 0.124. The fourth-order valence-corrected chi connectivity index (χ4v) is 4.84. The molecule has 0 aliphatic carbocycles. The van der Waals surface area contributed by atoms with Gasteiger partial charge in [-0.15, -0.1) is 0 Å². The van der Waals surface area contributed by atoms with Crippen LogP contribution in [0.3, 0.4) is 0 Å². The third kappa shape index (κ3) is 5.00. The summed E-state index contributed by atoms with van der Waals surface area (Å²) in [7, 11) is 0. The van der Waals surface area contributed by atoms with E-state index in [9.17, 15) is 28.5 Å². The molecule has 10 heteroatoms. The topological polar surface area (TPSA) is 88.7 Å². The number of halogens is 2. The summed E-state index contributed by atoms with van der Waals surface area (Å²) in [5.74, 6) is -2.06. The van der Waals surface area contributed by atoms with Gasteiger partial charge in [-0.25, -0.2) is 8.78 Å². The second-order valence-corrected chi connectivity index (χ2v) is 9.22. The molecule has 2 amide bonds. The number of aromatic nitrogens is 1. The van der Waals surface area contributed by atoms with Crippen molar-refractivity contribution in [3.05, 3.63) is 117 Å². The highest BCUT2D eigenvalue weighted by Gasteiger charge is 2.29. The Labute approximate surface area is 222 Å². The maximum absolute atomic E-state index is 14.9. The van der Waals surface area contributed by atoms with Crippen molar-refractivity contribution in [2.45, 2.75) is 6.92 Å². The average molecular weight is 531 g/mol. The van der Waals surface area contributed by atoms with E-state index in [0.29, 0.717) is 17.0 Å². The van der Waals surface area contributed by atoms with Crippen molar-refractivity contribution >= 4 is 17.5 Å². The third-order valence-electron chi connectivity index (χ3n) is 6.86. The smallest absolute Gasteiger partial charge is 0.270 e. The molecule has 1 fully saturated rings. The molecule has 0 saturated carbocycles. The van der Waals surface area contributed by atoms with Gasteiger partial charge in [0.25, 0.3) is 17.5 Å². The Morgan fingerprint density at radius 2 is 1.49 bits per heavy atom. The zero-order chi connectivity index (χ0) is 27.7. The quantitative estimate of drug-likeness (QED) is 0.261. The van der Waals surface area contributed by atoms with Crippen molar-refractivity contribution in [1.82, 2.24) is 14.4 Å². The van der Waals surface area contributed by atoms with E-state index >= 15 is 0 Å². The molecular weight excluding hydrogens is 506 g/mol. The Bertz CT molecular complexity index is 1580. The largest absolute Gasteiger partial charge is 0.335 e. The standard InChI is InChI=1S/C29H24F2N4O4/c1-19-24(18-27(20-6-3-2-4-7-20)34(19)26-11-10-22(30)17-25(26)31)29(37)33-14-12-32(13-15-33)28(36)21-8-5-9-23(16-21)35(38)39/h2-11,16-18H,12-15H2,1H3. The second-order valence-electron chi connectivity index (χ2n) is 9.22. The minimum Gasteiger partial charge on any atom is -0.335 e. The number of benzene rings is 3. The summed E-state index contributed by atoms with van der Waals surface area (Å²) in [6.07, 6.45) is 0. The molecule has 0 bridgehead atoms. The molecule has 0 spiro atoms. The SMILES string of the molecule is Cc1c(C(=O)N2CCN(C(=O)c3cccc([N+](=O)[O-])c3)CC2)cc(-c2ccccc2)n1-c1ccc(F)cc1F. The molecule has 198 valence electrons.